The summed E-state index contributed by atoms with van der Waals surface area (Å²) in [6, 6.07) is 12.1. The van der Waals surface area contributed by atoms with Gasteiger partial charge in [0.2, 0.25) is 5.95 Å². The second-order valence-electron chi connectivity index (χ2n) is 7.22. The molecule has 33 heavy (non-hydrogen) atoms. The Morgan fingerprint density at radius 1 is 0.939 bits per heavy atom. The zero-order valence-corrected chi connectivity index (χ0v) is 17.5. The van der Waals surface area contributed by atoms with Crippen molar-refractivity contribution in [1.82, 2.24) is 35.1 Å². The number of aromatic amines is 1. The largest absolute Gasteiger partial charge is 0.346 e. The highest BCUT2D eigenvalue weighted by Gasteiger charge is 2.11. The van der Waals surface area contributed by atoms with Crippen molar-refractivity contribution >= 4 is 16.9 Å². The highest BCUT2D eigenvalue weighted by molar-refractivity contribution is 5.79. The van der Waals surface area contributed by atoms with Crippen LogP contribution in [0.2, 0.25) is 0 Å². The average molecular weight is 436 g/mol. The Balaban J connectivity index is 1.36. The van der Waals surface area contributed by atoms with E-state index in [0.717, 1.165) is 16.5 Å². The predicted octanol–water partition coefficient (Wildman–Crippen LogP) is 3.92. The van der Waals surface area contributed by atoms with Crippen molar-refractivity contribution in [2.45, 2.75) is 13.0 Å². The molecule has 8 nitrogen and oxygen atoms in total. The zero-order valence-electron chi connectivity index (χ0n) is 17.5. The fourth-order valence-corrected chi connectivity index (χ4v) is 3.17. The van der Waals surface area contributed by atoms with Gasteiger partial charge in [-0.15, -0.1) is 0 Å². The molecule has 1 atom stereocenters. The van der Waals surface area contributed by atoms with E-state index in [2.05, 4.69) is 52.3 Å². The lowest BCUT2D eigenvalue weighted by Gasteiger charge is -2.13. The Morgan fingerprint density at radius 3 is 2.73 bits per heavy atom. The standard InChI is InChI=1S/C24H17FN8/c1-15(20-7-4-18(25)14-28-20)30-24-27-11-9-22(32-24)23-26-10-8-19(31-23)5-2-16-3-6-21-17(12-16)13-29-33-21/h3-4,6-15H,1H3,(H,29,33)(H,27,30,32). The van der Waals surface area contributed by atoms with Gasteiger partial charge in [0.05, 0.1) is 29.6 Å². The Bertz CT molecular complexity index is 1480. The van der Waals surface area contributed by atoms with Crippen LogP contribution in [0, 0.1) is 17.7 Å². The number of pyridine rings is 1. The molecular weight excluding hydrogens is 419 g/mol. The molecule has 0 radical (unpaired) electrons. The molecule has 5 rings (SSSR count). The Labute approximate surface area is 188 Å². The molecule has 9 heteroatoms. The SMILES string of the molecule is CC(Nc1nccc(-c2nccc(C#Cc3ccc4[nH]ncc4c3)n2)n1)c1ccc(F)cn1. The third kappa shape index (κ3) is 4.65. The first kappa shape index (κ1) is 20.2. The van der Waals surface area contributed by atoms with E-state index in [4.69, 9.17) is 0 Å². The van der Waals surface area contributed by atoms with Gasteiger partial charge in [0, 0.05) is 23.3 Å². The summed E-state index contributed by atoms with van der Waals surface area (Å²) in [6.45, 7) is 1.89. The molecule has 160 valence electrons. The van der Waals surface area contributed by atoms with Crippen molar-refractivity contribution in [3.63, 3.8) is 0 Å². The lowest BCUT2D eigenvalue weighted by Crippen LogP contribution is -2.11. The number of aromatic nitrogens is 7. The van der Waals surface area contributed by atoms with Crippen LogP contribution in [0.4, 0.5) is 10.3 Å². The van der Waals surface area contributed by atoms with Crippen LogP contribution in [0.25, 0.3) is 22.4 Å². The van der Waals surface area contributed by atoms with Gasteiger partial charge in [0.25, 0.3) is 0 Å². The molecule has 4 aromatic heterocycles. The van der Waals surface area contributed by atoms with E-state index in [1.807, 2.05) is 25.1 Å². The molecule has 0 amide bonds. The summed E-state index contributed by atoms with van der Waals surface area (Å²) < 4.78 is 13.1. The van der Waals surface area contributed by atoms with Crippen molar-refractivity contribution in [2.24, 2.45) is 0 Å². The molecule has 0 aliphatic heterocycles. The lowest BCUT2D eigenvalue weighted by molar-refractivity contribution is 0.617. The van der Waals surface area contributed by atoms with E-state index in [0.29, 0.717) is 28.9 Å². The van der Waals surface area contributed by atoms with Crippen LogP contribution >= 0.6 is 0 Å². The number of H-pyrrole nitrogens is 1. The fourth-order valence-electron chi connectivity index (χ4n) is 3.17. The number of benzene rings is 1. The third-order valence-electron chi connectivity index (χ3n) is 4.85. The molecular formula is C24H17FN8. The first-order valence-electron chi connectivity index (χ1n) is 10.1. The van der Waals surface area contributed by atoms with Crippen LogP contribution in [-0.4, -0.2) is 35.1 Å². The summed E-state index contributed by atoms with van der Waals surface area (Å²) in [4.78, 5) is 21.7. The van der Waals surface area contributed by atoms with Gasteiger partial charge in [0.15, 0.2) is 5.82 Å². The number of hydrogen-bond acceptors (Lipinski definition) is 7. The summed E-state index contributed by atoms with van der Waals surface area (Å²) in [6.07, 6.45) is 6.21. The number of fused-ring (bicyclic) bond motifs is 1. The molecule has 0 saturated heterocycles. The molecule has 1 unspecified atom stereocenters. The van der Waals surface area contributed by atoms with Gasteiger partial charge in [-0.05, 0) is 55.3 Å². The molecule has 0 fully saturated rings. The minimum absolute atomic E-state index is 0.216. The highest BCUT2D eigenvalue weighted by Crippen LogP contribution is 2.18. The smallest absolute Gasteiger partial charge is 0.223 e. The number of halogens is 1. The molecule has 0 aliphatic rings. The third-order valence-corrected chi connectivity index (χ3v) is 4.85. The maximum absolute atomic E-state index is 13.1. The van der Waals surface area contributed by atoms with Gasteiger partial charge >= 0.3 is 0 Å². The molecule has 0 aliphatic carbocycles. The van der Waals surface area contributed by atoms with E-state index in [9.17, 15) is 4.39 Å². The average Bonchev–Trinajstić information content (AvgIpc) is 3.31. The maximum Gasteiger partial charge on any atom is 0.223 e. The van der Waals surface area contributed by atoms with Crippen LogP contribution in [-0.2, 0) is 0 Å². The van der Waals surface area contributed by atoms with Gasteiger partial charge in [0.1, 0.15) is 17.2 Å². The Morgan fingerprint density at radius 2 is 1.85 bits per heavy atom. The van der Waals surface area contributed by atoms with E-state index < -0.39 is 0 Å². The topological polar surface area (TPSA) is 105 Å². The number of anilines is 1. The number of rotatable bonds is 4. The van der Waals surface area contributed by atoms with Crippen LogP contribution < -0.4 is 5.32 Å². The maximum atomic E-state index is 13.1. The molecule has 4 heterocycles. The normalized spacial score (nSPS) is 11.6. The van der Waals surface area contributed by atoms with Crippen molar-refractivity contribution in [1.29, 1.82) is 0 Å². The van der Waals surface area contributed by atoms with Crippen molar-refractivity contribution < 1.29 is 4.39 Å². The summed E-state index contributed by atoms with van der Waals surface area (Å²) in [5.41, 5.74) is 3.62. The number of hydrogen-bond donors (Lipinski definition) is 2. The zero-order chi connectivity index (χ0) is 22.6. The second kappa shape index (κ2) is 8.80. The monoisotopic (exact) mass is 436 g/mol. The molecule has 5 aromatic rings. The summed E-state index contributed by atoms with van der Waals surface area (Å²) in [5, 5.41) is 11.1. The van der Waals surface area contributed by atoms with Crippen LogP contribution in [0.3, 0.4) is 0 Å². The second-order valence-corrected chi connectivity index (χ2v) is 7.22. The lowest BCUT2D eigenvalue weighted by atomic mass is 10.1. The predicted molar refractivity (Wildman–Crippen MR) is 121 cm³/mol. The Hall–Kier alpha value is -4.71. The molecule has 1 aromatic carbocycles. The summed E-state index contributed by atoms with van der Waals surface area (Å²) >= 11 is 0. The number of nitrogens with one attached hydrogen (secondary N) is 2. The van der Waals surface area contributed by atoms with E-state index >= 15 is 0 Å². The quantitative estimate of drug-likeness (QED) is 0.412. The molecule has 2 N–H and O–H groups in total. The Kier molecular flexibility index (Phi) is 5.39. The fraction of sp³-hybridized carbons (Fsp3) is 0.0833. The van der Waals surface area contributed by atoms with Gasteiger partial charge in [-0.25, -0.2) is 24.3 Å². The van der Waals surface area contributed by atoms with Gasteiger partial charge in [-0.2, -0.15) is 5.10 Å². The first-order chi connectivity index (χ1) is 16.1. The van der Waals surface area contributed by atoms with Crippen LogP contribution in [0.15, 0.2) is 67.3 Å². The van der Waals surface area contributed by atoms with Crippen molar-refractivity contribution in [2.75, 3.05) is 5.32 Å². The van der Waals surface area contributed by atoms with Crippen LogP contribution in [0.5, 0.6) is 0 Å². The molecule has 0 saturated carbocycles. The first-order valence-corrected chi connectivity index (χ1v) is 10.1. The minimum atomic E-state index is -0.383. The molecule has 0 spiro atoms. The van der Waals surface area contributed by atoms with E-state index in [1.54, 1.807) is 36.8 Å². The molecule has 0 bridgehead atoms. The van der Waals surface area contributed by atoms with Crippen LogP contribution in [0.1, 0.15) is 29.9 Å². The van der Waals surface area contributed by atoms with Gasteiger partial charge in [-0.1, -0.05) is 5.92 Å². The highest BCUT2D eigenvalue weighted by atomic mass is 19.1. The van der Waals surface area contributed by atoms with E-state index in [-0.39, 0.29) is 11.9 Å². The van der Waals surface area contributed by atoms with Crippen molar-refractivity contribution in [3.05, 3.63) is 90.0 Å². The van der Waals surface area contributed by atoms with Gasteiger partial charge < -0.3 is 5.32 Å². The van der Waals surface area contributed by atoms with Crippen molar-refractivity contribution in [3.8, 4) is 23.4 Å². The number of nitrogens with zero attached hydrogens (tertiary/aromatic N) is 6. The summed E-state index contributed by atoms with van der Waals surface area (Å²) in [5.74, 6) is 6.63. The van der Waals surface area contributed by atoms with E-state index in [1.165, 1.54) is 12.3 Å². The minimum Gasteiger partial charge on any atom is -0.346 e. The summed E-state index contributed by atoms with van der Waals surface area (Å²) in [7, 11) is 0. The van der Waals surface area contributed by atoms with Gasteiger partial charge in [-0.3, -0.25) is 10.1 Å².